The van der Waals surface area contributed by atoms with Crippen LogP contribution in [0.3, 0.4) is 0 Å². The number of unbranched alkanes of at least 4 members (excludes halogenated alkanes) is 12. The molecule has 0 aromatic rings. The molecule has 160 valence electrons. The summed E-state index contributed by atoms with van der Waals surface area (Å²) >= 11 is 0. The Balaban J connectivity index is 0.00000153. The predicted molar refractivity (Wildman–Crippen MR) is 109 cm³/mol. The van der Waals surface area contributed by atoms with Crippen LogP contribution in [0.5, 0.6) is 0 Å². The van der Waals surface area contributed by atoms with E-state index < -0.39 is 5.09 Å². The van der Waals surface area contributed by atoms with Crippen LogP contribution in [0.1, 0.15) is 96.8 Å². The molecule has 0 spiro atoms. The van der Waals surface area contributed by atoms with Crippen LogP contribution in [-0.2, 0) is 4.74 Å². The van der Waals surface area contributed by atoms with E-state index in [0.29, 0.717) is 12.5 Å². The maximum Gasteiger partial charge on any atom is 0.291 e. The average molecular weight is 388 g/mol. The molecule has 0 radical (unpaired) electrons. The van der Waals surface area contributed by atoms with Gasteiger partial charge in [-0.1, -0.05) is 89.7 Å². The lowest BCUT2D eigenvalue weighted by atomic mass is 9.99. The molecule has 0 amide bonds. The van der Waals surface area contributed by atoms with Crippen molar-refractivity contribution in [3.05, 3.63) is 22.3 Å². The molecule has 1 rings (SSSR count). The molecule has 1 saturated heterocycles. The Kier molecular flexibility index (Phi) is 18.8. The minimum Gasteiger partial charge on any atom is -0.391 e. The van der Waals surface area contributed by atoms with Crippen LogP contribution >= 0.6 is 0 Å². The lowest BCUT2D eigenvalue weighted by molar-refractivity contribution is -0.742. The summed E-state index contributed by atoms with van der Waals surface area (Å²) in [6, 6.07) is 0. The zero-order valence-corrected chi connectivity index (χ0v) is 17.2. The third kappa shape index (κ3) is 21.0. The molecule has 27 heavy (non-hydrogen) atoms. The number of nitrogens with zero attached hydrogens (tertiary/aromatic N) is 1. The minimum atomic E-state index is -1.50. The first kappa shape index (κ1) is 25.9. The van der Waals surface area contributed by atoms with Gasteiger partial charge in [-0.3, -0.25) is 0 Å². The zero-order chi connectivity index (χ0) is 20.2. The van der Waals surface area contributed by atoms with Crippen LogP contribution in [0, 0.1) is 16.0 Å². The van der Waals surface area contributed by atoms with Gasteiger partial charge in [0.25, 0.3) is 5.09 Å². The summed E-state index contributed by atoms with van der Waals surface area (Å²) < 4.78 is 5.36. The number of allylic oxidation sites excluding steroid dienone is 1. The Labute approximate surface area is 165 Å². The molecule has 0 bridgehead atoms. The average Bonchev–Trinajstić information content (AvgIpc) is 2.61. The maximum atomic E-state index is 9.54. The van der Waals surface area contributed by atoms with Crippen LogP contribution in [0.25, 0.3) is 0 Å². The van der Waals surface area contributed by atoms with E-state index in [0.717, 1.165) is 13.0 Å². The molecule has 1 heterocycles. The Morgan fingerprint density at radius 1 is 0.963 bits per heavy atom. The van der Waals surface area contributed by atoms with Crippen molar-refractivity contribution in [3.8, 4) is 0 Å². The number of aliphatic hydroxyl groups excluding tert-OH is 1. The molecule has 1 aliphatic heterocycles. The number of hydrogen-bond acceptors (Lipinski definition) is 4. The fourth-order valence-corrected chi connectivity index (χ4v) is 3.37. The second-order valence-corrected chi connectivity index (χ2v) is 7.53. The van der Waals surface area contributed by atoms with E-state index >= 15 is 0 Å². The Bertz CT molecular complexity index is 358. The smallest absolute Gasteiger partial charge is 0.291 e. The maximum absolute atomic E-state index is 9.54. The van der Waals surface area contributed by atoms with Crippen molar-refractivity contribution in [2.45, 2.75) is 103 Å². The Morgan fingerprint density at radius 3 is 1.93 bits per heavy atom. The van der Waals surface area contributed by atoms with Gasteiger partial charge in [-0.25, -0.2) is 0 Å². The van der Waals surface area contributed by atoms with E-state index in [-0.39, 0.29) is 6.10 Å². The van der Waals surface area contributed by atoms with Crippen molar-refractivity contribution in [1.29, 1.82) is 0 Å². The molecule has 0 saturated carbocycles. The summed E-state index contributed by atoms with van der Waals surface area (Å²) in [4.78, 5) is 8.36. The topological polar surface area (TPSA) is 92.8 Å². The molecular formula is C21H41NO5. The van der Waals surface area contributed by atoms with Gasteiger partial charge in [-0.15, -0.1) is 10.1 Å². The summed E-state index contributed by atoms with van der Waals surface area (Å²) in [6.45, 7) is 3.58. The monoisotopic (exact) mass is 387 g/mol. The highest BCUT2D eigenvalue weighted by molar-refractivity contribution is 4.91. The summed E-state index contributed by atoms with van der Waals surface area (Å²) in [5.41, 5.74) is 0. The van der Waals surface area contributed by atoms with Crippen molar-refractivity contribution in [3.63, 3.8) is 0 Å². The third-order valence-electron chi connectivity index (χ3n) is 4.85. The summed E-state index contributed by atoms with van der Waals surface area (Å²) in [5.74, 6) is 0.427. The second-order valence-electron chi connectivity index (χ2n) is 7.53. The molecule has 6 heteroatoms. The lowest BCUT2D eigenvalue weighted by Gasteiger charge is -2.23. The summed E-state index contributed by atoms with van der Waals surface area (Å²) in [5, 5.41) is 23.2. The van der Waals surface area contributed by atoms with Gasteiger partial charge in [-0.05, 0) is 19.3 Å². The molecule has 2 unspecified atom stereocenters. The SMILES string of the molecule is CCCCCCCCCCCCCCC=CC1COCC(O)C1.O=[N+]([O-])O. The largest absolute Gasteiger partial charge is 0.391 e. The Morgan fingerprint density at radius 2 is 1.44 bits per heavy atom. The fraction of sp³-hybridized carbons (Fsp3) is 0.905. The van der Waals surface area contributed by atoms with Crippen LogP contribution in [-0.4, -0.2) is 34.7 Å². The first-order chi connectivity index (χ1) is 13.1. The van der Waals surface area contributed by atoms with Gasteiger partial charge in [0.1, 0.15) is 0 Å². The van der Waals surface area contributed by atoms with Crippen molar-refractivity contribution in [2.24, 2.45) is 5.92 Å². The molecule has 2 N–H and O–H groups in total. The standard InChI is InChI=1S/C21H40O2.HNO3/c1-2-3-4-5-6-7-8-9-10-11-12-13-14-15-16-20-17-21(22)19-23-18-20;2-1(3)4/h15-16,20-22H,2-14,17-19H2,1H3;(H,2,3,4). The van der Waals surface area contributed by atoms with Gasteiger partial charge >= 0.3 is 0 Å². The lowest BCUT2D eigenvalue weighted by Crippen LogP contribution is -2.28. The molecular weight excluding hydrogens is 346 g/mol. The molecule has 1 aliphatic rings. The van der Waals surface area contributed by atoms with E-state index in [9.17, 15) is 5.11 Å². The summed E-state index contributed by atoms with van der Waals surface area (Å²) in [7, 11) is 0. The molecule has 2 atom stereocenters. The highest BCUT2D eigenvalue weighted by atomic mass is 16.9. The zero-order valence-electron chi connectivity index (χ0n) is 17.2. The van der Waals surface area contributed by atoms with E-state index in [4.69, 9.17) is 20.1 Å². The highest BCUT2D eigenvalue weighted by Crippen LogP contribution is 2.16. The van der Waals surface area contributed by atoms with Crippen LogP contribution in [0.2, 0.25) is 0 Å². The molecule has 6 nitrogen and oxygen atoms in total. The van der Waals surface area contributed by atoms with Gasteiger partial charge in [0, 0.05) is 5.92 Å². The Hall–Kier alpha value is -1.14. The highest BCUT2D eigenvalue weighted by Gasteiger charge is 2.17. The van der Waals surface area contributed by atoms with Gasteiger partial charge in [-0.2, -0.15) is 0 Å². The molecule has 0 aromatic carbocycles. The van der Waals surface area contributed by atoms with E-state index in [2.05, 4.69) is 19.1 Å². The van der Waals surface area contributed by atoms with Crippen molar-refractivity contribution < 1.29 is 20.1 Å². The van der Waals surface area contributed by atoms with E-state index in [1.807, 2.05) is 0 Å². The van der Waals surface area contributed by atoms with Crippen LogP contribution < -0.4 is 0 Å². The quantitative estimate of drug-likeness (QED) is 0.173. The fourth-order valence-electron chi connectivity index (χ4n) is 3.37. The van der Waals surface area contributed by atoms with Gasteiger partial charge in [0.05, 0.1) is 19.3 Å². The predicted octanol–water partition coefficient (Wildman–Crippen LogP) is 5.68. The third-order valence-corrected chi connectivity index (χ3v) is 4.85. The molecule has 1 fully saturated rings. The first-order valence-electron chi connectivity index (χ1n) is 10.8. The number of ether oxygens (including phenoxy) is 1. The normalized spacial score (nSPS) is 19.6. The molecule has 0 aromatic heterocycles. The summed E-state index contributed by atoms with van der Waals surface area (Å²) in [6.07, 6.45) is 23.3. The van der Waals surface area contributed by atoms with Crippen molar-refractivity contribution in [2.75, 3.05) is 13.2 Å². The van der Waals surface area contributed by atoms with Gasteiger partial charge in [0.2, 0.25) is 0 Å². The number of hydrogen-bond donors (Lipinski definition) is 2. The van der Waals surface area contributed by atoms with Crippen LogP contribution in [0.15, 0.2) is 12.2 Å². The van der Waals surface area contributed by atoms with Crippen molar-refractivity contribution in [1.82, 2.24) is 0 Å². The minimum absolute atomic E-state index is 0.259. The van der Waals surface area contributed by atoms with E-state index in [1.165, 1.54) is 83.5 Å². The first-order valence-corrected chi connectivity index (χ1v) is 10.8. The molecule has 0 aliphatic carbocycles. The van der Waals surface area contributed by atoms with Crippen molar-refractivity contribution >= 4 is 0 Å². The van der Waals surface area contributed by atoms with Crippen LogP contribution in [0.4, 0.5) is 0 Å². The van der Waals surface area contributed by atoms with Gasteiger partial charge < -0.3 is 15.1 Å². The van der Waals surface area contributed by atoms with Gasteiger partial charge in [0.15, 0.2) is 0 Å². The number of aliphatic hydroxyl groups is 1. The number of rotatable bonds is 14. The van der Waals surface area contributed by atoms with E-state index in [1.54, 1.807) is 0 Å². The second kappa shape index (κ2) is 19.6.